The number of hydrogen-bond donors (Lipinski definition) is 0. The third-order valence-electron chi connectivity index (χ3n) is 2.03. The van der Waals surface area contributed by atoms with Crippen LogP contribution in [0, 0.1) is 10.1 Å². The highest BCUT2D eigenvalue weighted by molar-refractivity contribution is 5.16. The first-order chi connectivity index (χ1) is 7.23. The predicted molar refractivity (Wildman–Crippen MR) is 49.6 cm³/mol. The van der Waals surface area contributed by atoms with Crippen molar-refractivity contribution in [3.63, 3.8) is 0 Å². The van der Waals surface area contributed by atoms with E-state index < -0.39 is 10.7 Å². The molecule has 0 radical (unpaired) electrons. The normalized spacial score (nSPS) is 16.8. The van der Waals surface area contributed by atoms with Gasteiger partial charge in [-0.2, -0.15) is 0 Å². The molecule has 1 heterocycles. The van der Waals surface area contributed by atoms with Crippen molar-refractivity contribution >= 4 is 0 Å². The molecular formula is C8H7N5O2. The van der Waals surface area contributed by atoms with E-state index in [1.54, 1.807) is 24.3 Å². The van der Waals surface area contributed by atoms with Gasteiger partial charge in [-0.3, -0.25) is 10.1 Å². The summed E-state index contributed by atoms with van der Waals surface area (Å²) in [7, 11) is 0. The maximum absolute atomic E-state index is 10.8. The molecule has 1 aliphatic heterocycles. The number of nitro groups is 1. The Hall–Kier alpha value is -2.18. The van der Waals surface area contributed by atoms with Gasteiger partial charge in [0.05, 0.1) is 11.3 Å². The van der Waals surface area contributed by atoms with Gasteiger partial charge in [0.2, 0.25) is 0 Å². The molecule has 7 heteroatoms. The van der Waals surface area contributed by atoms with Gasteiger partial charge in [-0.1, -0.05) is 40.6 Å². The number of hydrogen-bond acceptors (Lipinski definition) is 6. The second-order valence-electron chi connectivity index (χ2n) is 3.07. The Morgan fingerprint density at radius 2 is 1.80 bits per heavy atom. The molecule has 2 rings (SSSR count). The van der Waals surface area contributed by atoms with Crippen molar-refractivity contribution in [2.24, 2.45) is 20.7 Å². The second kappa shape index (κ2) is 3.52. The highest BCUT2D eigenvalue weighted by Crippen LogP contribution is 2.25. The summed E-state index contributed by atoms with van der Waals surface area (Å²) in [6.07, 6.45) is 0.0633. The van der Waals surface area contributed by atoms with E-state index in [1.165, 1.54) is 0 Å². The number of rotatable bonds is 3. The van der Waals surface area contributed by atoms with Crippen molar-refractivity contribution in [2.75, 3.05) is 0 Å². The van der Waals surface area contributed by atoms with E-state index in [1.807, 2.05) is 6.07 Å². The molecule has 1 aromatic rings. The molecule has 0 N–H and O–H groups in total. The molecule has 0 spiro atoms. The molecule has 0 saturated heterocycles. The Kier molecular flexibility index (Phi) is 2.20. The molecule has 15 heavy (non-hydrogen) atoms. The van der Waals surface area contributed by atoms with Crippen molar-refractivity contribution in [2.45, 2.75) is 12.2 Å². The van der Waals surface area contributed by atoms with Crippen LogP contribution in [0.15, 0.2) is 51.0 Å². The summed E-state index contributed by atoms with van der Waals surface area (Å²) in [5, 5.41) is 24.1. The summed E-state index contributed by atoms with van der Waals surface area (Å²) in [5.74, 6) is -1.76. The fourth-order valence-electron chi connectivity index (χ4n) is 1.28. The highest BCUT2D eigenvalue weighted by Gasteiger charge is 2.46. The minimum absolute atomic E-state index is 0.0633. The van der Waals surface area contributed by atoms with Crippen LogP contribution in [0.2, 0.25) is 0 Å². The van der Waals surface area contributed by atoms with Crippen LogP contribution in [0.1, 0.15) is 5.56 Å². The molecule has 0 aliphatic carbocycles. The third-order valence-corrected chi connectivity index (χ3v) is 2.03. The molecule has 0 bridgehead atoms. The Morgan fingerprint density at radius 3 is 2.33 bits per heavy atom. The molecule has 0 aromatic heterocycles. The van der Waals surface area contributed by atoms with Crippen LogP contribution in [0.25, 0.3) is 0 Å². The summed E-state index contributed by atoms with van der Waals surface area (Å²) in [5.41, 5.74) is 0.772. The molecule has 0 saturated carbocycles. The van der Waals surface area contributed by atoms with E-state index in [9.17, 15) is 10.1 Å². The zero-order valence-electron chi connectivity index (χ0n) is 7.65. The molecule has 0 unspecified atom stereocenters. The van der Waals surface area contributed by atoms with Crippen molar-refractivity contribution in [3.8, 4) is 0 Å². The average molecular weight is 205 g/mol. The van der Waals surface area contributed by atoms with E-state index in [0.717, 1.165) is 5.56 Å². The lowest BCUT2D eigenvalue weighted by Gasteiger charge is -2.09. The Balaban J connectivity index is 2.27. The van der Waals surface area contributed by atoms with E-state index in [4.69, 9.17) is 0 Å². The lowest BCUT2D eigenvalue weighted by atomic mass is 10.1. The van der Waals surface area contributed by atoms with Crippen molar-refractivity contribution in [1.82, 2.24) is 0 Å². The summed E-state index contributed by atoms with van der Waals surface area (Å²) in [4.78, 5) is 10.2. The first-order valence-electron chi connectivity index (χ1n) is 4.25. The van der Waals surface area contributed by atoms with Crippen LogP contribution in [0.3, 0.4) is 0 Å². The minimum Gasteiger partial charge on any atom is -0.260 e. The molecule has 0 atom stereocenters. The van der Waals surface area contributed by atoms with Gasteiger partial charge < -0.3 is 0 Å². The van der Waals surface area contributed by atoms with Gasteiger partial charge in [0.15, 0.2) is 0 Å². The van der Waals surface area contributed by atoms with Gasteiger partial charge in [0.25, 0.3) is 0 Å². The highest BCUT2D eigenvalue weighted by atomic mass is 16.6. The molecule has 0 fully saturated rings. The van der Waals surface area contributed by atoms with Crippen LogP contribution >= 0.6 is 0 Å². The number of nitrogens with zero attached hydrogens (tertiary/aromatic N) is 5. The van der Waals surface area contributed by atoms with Crippen molar-refractivity contribution in [3.05, 3.63) is 46.0 Å². The van der Waals surface area contributed by atoms with Gasteiger partial charge in [0.1, 0.15) is 0 Å². The molecular weight excluding hydrogens is 198 g/mol. The minimum atomic E-state index is -1.76. The van der Waals surface area contributed by atoms with E-state index in [2.05, 4.69) is 20.7 Å². The summed E-state index contributed by atoms with van der Waals surface area (Å²) >= 11 is 0. The van der Waals surface area contributed by atoms with Crippen LogP contribution in [-0.2, 0) is 6.42 Å². The van der Waals surface area contributed by atoms with E-state index in [0.29, 0.717) is 0 Å². The van der Waals surface area contributed by atoms with Gasteiger partial charge in [-0.25, -0.2) is 0 Å². The first kappa shape index (κ1) is 9.38. The Morgan fingerprint density at radius 1 is 1.20 bits per heavy atom. The van der Waals surface area contributed by atoms with Gasteiger partial charge in [0, 0.05) is 0 Å². The standard InChI is InChI=1S/C8H7N5O2/c14-13(15)8(9-11-12-10-8)6-7-4-2-1-3-5-7/h1-5H,6H2. The van der Waals surface area contributed by atoms with Crippen LogP contribution < -0.4 is 0 Å². The maximum atomic E-state index is 10.8. The summed E-state index contributed by atoms with van der Waals surface area (Å²) < 4.78 is 0. The third kappa shape index (κ3) is 1.71. The zero-order chi connectivity index (χ0) is 10.7. The maximum Gasteiger partial charge on any atom is 0.451 e. The van der Waals surface area contributed by atoms with Gasteiger partial charge in [-0.15, -0.1) is 0 Å². The summed E-state index contributed by atoms with van der Waals surface area (Å²) in [6.45, 7) is 0. The van der Waals surface area contributed by atoms with Gasteiger partial charge in [-0.05, 0) is 16.0 Å². The smallest absolute Gasteiger partial charge is 0.260 e. The number of benzene rings is 1. The SMILES string of the molecule is O=[N+]([O-])C1(Cc2ccccc2)N=NN=N1. The monoisotopic (exact) mass is 205 g/mol. The second-order valence-corrected chi connectivity index (χ2v) is 3.07. The molecule has 1 aromatic carbocycles. The van der Waals surface area contributed by atoms with Crippen molar-refractivity contribution in [1.29, 1.82) is 0 Å². The fourth-order valence-corrected chi connectivity index (χ4v) is 1.28. The lowest BCUT2D eigenvalue weighted by Crippen LogP contribution is -2.34. The molecule has 7 nitrogen and oxygen atoms in total. The van der Waals surface area contributed by atoms with Crippen molar-refractivity contribution < 1.29 is 4.92 Å². The molecule has 1 aliphatic rings. The topological polar surface area (TPSA) is 92.6 Å². The zero-order valence-corrected chi connectivity index (χ0v) is 7.65. The van der Waals surface area contributed by atoms with Crippen LogP contribution in [-0.4, -0.2) is 10.7 Å². The van der Waals surface area contributed by atoms with E-state index in [-0.39, 0.29) is 6.42 Å². The quantitative estimate of drug-likeness (QED) is 0.557. The fraction of sp³-hybridized carbons (Fsp3) is 0.250. The first-order valence-corrected chi connectivity index (χ1v) is 4.25. The largest absolute Gasteiger partial charge is 0.451 e. The molecule has 0 amide bonds. The Labute approximate surface area is 84.7 Å². The van der Waals surface area contributed by atoms with Crippen LogP contribution in [0.5, 0.6) is 0 Å². The Bertz CT molecular complexity index is 416. The summed E-state index contributed by atoms with van der Waals surface area (Å²) in [6, 6.07) is 8.97. The van der Waals surface area contributed by atoms with Gasteiger partial charge >= 0.3 is 5.79 Å². The van der Waals surface area contributed by atoms with E-state index >= 15 is 0 Å². The lowest BCUT2D eigenvalue weighted by molar-refractivity contribution is -0.566. The predicted octanol–water partition coefficient (Wildman–Crippen LogP) is 1.99. The molecule has 76 valence electrons. The average Bonchev–Trinajstić information content (AvgIpc) is 2.69. The van der Waals surface area contributed by atoms with Crippen LogP contribution in [0.4, 0.5) is 0 Å².